The fourth-order valence-corrected chi connectivity index (χ4v) is 7.07. The largest absolute Gasteiger partial charge is 0.495 e. The van der Waals surface area contributed by atoms with Crippen molar-refractivity contribution < 1.29 is 31.9 Å². The molecule has 5 rings (SSSR count). The van der Waals surface area contributed by atoms with Crippen molar-refractivity contribution in [1.82, 2.24) is 4.31 Å². The highest BCUT2D eigenvalue weighted by Gasteiger charge is 2.38. The second kappa shape index (κ2) is 14.1. The lowest BCUT2D eigenvalue weighted by Gasteiger charge is -2.22. The molecule has 1 aliphatic rings. The van der Waals surface area contributed by atoms with Crippen LogP contribution in [0.4, 0.5) is 5.69 Å². The molecule has 1 aromatic heterocycles. The maximum atomic E-state index is 13.8. The molecule has 0 unspecified atom stereocenters. The smallest absolute Gasteiger partial charge is 0.340 e. The minimum Gasteiger partial charge on any atom is -0.495 e. The number of hydrogen-bond donors (Lipinski definition) is 0. The molecule has 0 radical (unpaired) electrons. The van der Waals surface area contributed by atoms with Crippen molar-refractivity contribution in [2.45, 2.75) is 24.9 Å². The summed E-state index contributed by atoms with van der Waals surface area (Å²) in [5.41, 5.74) is 1.37. The van der Waals surface area contributed by atoms with E-state index in [0.717, 1.165) is 0 Å². The van der Waals surface area contributed by atoms with E-state index < -0.39 is 21.9 Å². The summed E-state index contributed by atoms with van der Waals surface area (Å²) in [6.07, 6.45) is 1.41. The van der Waals surface area contributed by atoms with E-state index in [1.807, 2.05) is 0 Å². The summed E-state index contributed by atoms with van der Waals surface area (Å²) in [7, 11) is -1.38. The third kappa shape index (κ3) is 7.23. The molecule has 4 aromatic rings. The van der Waals surface area contributed by atoms with E-state index in [1.54, 1.807) is 55.5 Å². The zero-order chi connectivity index (χ0) is 34.0. The van der Waals surface area contributed by atoms with Gasteiger partial charge in [-0.1, -0.05) is 52.5 Å². The first-order chi connectivity index (χ1) is 22.3. The van der Waals surface area contributed by atoms with Gasteiger partial charge in [-0.15, -0.1) is 0 Å². The summed E-state index contributed by atoms with van der Waals surface area (Å²) in [5, 5.41) is 1.26. The Bertz CT molecular complexity index is 2040. The van der Waals surface area contributed by atoms with Gasteiger partial charge in [-0.05, 0) is 85.3 Å². The number of furan rings is 1. The van der Waals surface area contributed by atoms with Crippen LogP contribution in [0.25, 0.3) is 6.08 Å². The van der Waals surface area contributed by atoms with Crippen molar-refractivity contribution in [2.24, 2.45) is 0 Å². The molecule has 0 N–H and O–H groups in total. The van der Waals surface area contributed by atoms with Crippen molar-refractivity contribution in [3.63, 3.8) is 0 Å². The number of esters is 1. The average molecular weight is 736 g/mol. The molecular formula is C33H26Cl4N2O7S. The number of benzene rings is 3. The van der Waals surface area contributed by atoms with E-state index in [2.05, 4.69) is 0 Å². The molecule has 244 valence electrons. The van der Waals surface area contributed by atoms with Crippen LogP contribution in [-0.2, 0) is 37.4 Å². The number of anilines is 1. The van der Waals surface area contributed by atoms with Gasteiger partial charge in [0.15, 0.2) is 0 Å². The predicted molar refractivity (Wildman–Crippen MR) is 181 cm³/mol. The maximum absolute atomic E-state index is 13.8. The SMILES string of the molecule is COC(=O)C1=C(C)N(c2ccc(OC)c(Cl)c2)C(=O)/C1=C/c1ccc(CN(Cc2ccc(Cl)c(Cl)c2)S(=O)(=O)c2ccc(Cl)cc2)o1. The van der Waals surface area contributed by atoms with Gasteiger partial charge in [0.1, 0.15) is 17.3 Å². The number of sulfonamides is 1. The van der Waals surface area contributed by atoms with E-state index in [1.165, 1.54) is 53.8 Å². The van der Waals surface area contributed by atoms with E-state index >= 15 is 0 Å². The number of nitrogens with zero attached hydrogens (tertiary/aromatic N) is 2. The Morgan fingerprint density at radius 2 is 1.62 bits per heavy atom. The third-order valence-corrected chi connectivity index (χ3v) is 10.4. The van der Waals surface area contributed by atoms with E-state index in [4.69, 9.17) is 60.3 Å². The third-order valence-electron chi connectivity index (χ3n) is 7.28. The molecule has 0 saturated heterocycles. The predicted octanol–water partition coefficient (Wildman–Crippen LogP) is 8.17. The topological polar surface area (TPSA) is 106 Å². The van der Waals surface area contributed by atoms with Gasteiger partial charge in [-0.3, -0.25) is 9.69 Å². The molecule has 9 nitrogen and oxygen atoms in total. The molecule has 0 aliphatic carbocycles. The summed E-state index contributed by atoms with van der Waals surface area (Å²) in [4.78, 5) is 28.0. The number of allylic oxidation sites excluding steroid dienone is 1. The van der Waals surface area contributed by atoms with Crippen LogP contribution in [0.5, 0.6) is 5.75 Å². The number of amides is 1. The molecule has 47 heavy (non-hydrogen) atoms. The van der Waals surface area contributed by atoms with Crippen molar-refractivity contribution in [1.29, 1.82) is 0 Å². The highest BCUT2D eigenvalue weighted by Crippen LogP contribution is 2.38. The highest BCUT2D eigenvalue weighted by molar-refractivity contribution is 7.89. The molecule has 1 amide bonds. The fraction of sp³-hybridized carbons (Fsp3) is 0.152. The lowest BCUT2D eigenvalue weighted by molar-refractivity contribution is -0.136. The zero-order valence-corrected chi connectivity index (χ0v) is 28.9. The van der Waals surface area contributed by atoms with Crippen LogP contribution >= 0.6 is 46.4 Å². The number of halogens is 4. The number of ether oxygens (including phenoxy) is 2. The molecule has 3 aromatic carbocycles. The number of methoxy groups -OCH3 is 2. The van der Waals surface area contributed by atoms with Crippen LogP contribution in [0.3, 0.4) is 0 Å². The molecule has 1 aliphatic heterocycles. The van der Waals surface area contributed by atoms with Crippen molar-refractivity contribution >= 4 is 80.1 Å². The van der Waals surface area contributed by atoms with Crippen LogP contribution in [0, 0.1) is 0 Å². The summed E-state index contributed by atoms with van der Waals surface area (Å²) < 4.78 is 45.0. The second-order valence-corrected chi connectivity index (χ2v) is 13.8. The Balaban J connectivity index is 1.49. The lowest BCUT2D eigenvalue weighted by atomic mass is 10.1. The molecule has 0 bridgehead atoms. The minimum atomic E-state index is -4.06. The molecule has 14 heteroatoms. The molecule has 0 spiro atoms. The molecule has 2 heterocycles. The van der Waals surface area contributed by atoms with E-state index in [-0.39, 0.29) is 50.7 Å². The summed E-state index contributed by atoms with van der Waals surface area (Å²) in [6.45, 7) is 1.36. The quantitative estimate of drug-likeness (QED) is 0.120. The van der Waals surface area contributed by atoms with Gasteiger partial charge in [0, 0.05) is 17.3 Å². The Morgan fingerprint density at radius 1 is 0.894 bits per heavy atom. The summed E-state index contributed by atoms with van der Waals surface area (Å²) >= 11 is 24.6. The van der Waals surface area contributed by atoms with Gasteiger partial charge in [0.05, 0.1) is 57.6 Å². The monoisotopic (exact) mass is 734 g/mol. The van der Waals surface area contributed by atoms with Crippen LogP contribution in [0.1, 0.15) is 24.0 Å². The van der Waals surface area contributed by atoms with Gasteiger partial charge >= 0.3 is 5.97 Å². The van der Waals surface area contributed by atoms with E-state index in [9.17, 15) is 18.0 Å². The molecular weight excluding hydrogens is 710 g/mol. The first-order valence-corrected chi connectivity index (χ1v) is 16.8. The Kier molecular flexibility index (Phi) is 10.4. The van der Waals surface area contributed by atoms with E-state index in [0.29, 0.717) is 32.7 Å². The van der Waals surface area contributed by atoms with Gasteiger partial charge in [0.2, 0.25) is 10.0 Å². The number of rotatable bonds is 10. The lowest BCUT2D eigenvalue weighted by Crippen LogP contribution is -2.30. The van der Waals surface area contributed by atoms with Crippen LogP contribution in [0.15, 0.2) is 99.0 Å². The van der Waals surface area contributed by atoms with Crippen LogP contribution < -0.4 is 9.64 Å². The Morgan fingerprint density at radius 3 is 2.26 bits per heavy atom. The highest BCUT2D eigenvalue weighted by atomic mass is 35.5. The van der Waals surface area contributed by atoms with Crippen molar-refractivity contribution in [3.8, 4) is 5.75 Å². The Hall–Kier alpha value is -3.77. The maximum Gasteiger partial charge on any atom is 0.340 e. The van der Waals surface area contributed by atoms with Gasteiger partial charge in [-0.25, -0.2) is 13.2 Å². The standard InChI is InChI=1S/C33H26Cl4N2O7S/c1-19-31(33(41)45-3)26(32(40)39(19)22-7-13-30(44-2)29(37)15-22)16-23-8-9-24(46-23)18-38(17-20-4-12-27(35)28(36)14-20)47(42,43)25-10-5-21(34)6-11-25/h4-16H,17-18H2,1-3H3/b26-16+. The van der Waals surface area contributed by atoms with Crippen molar-refractivity contribution in [3.05, 3.63) is 127 Å². The fourth-order valence-electron chi connectivity index (χ4n) is 4.98. The average Bonchev–Trinajstić information content (AvgIpc) is 3.58. The molecule has 0 saturated carbocycles. The summed E-state index contributed by atoms with van der Waals surface area (Å²) in [6, 6.07) is 18.6. The van der Waals surface area contributed by atoms with Gasteiger partial charge < -0.3 is 13.9 Å². The second-order valence-electron chi connectivity index (χ2n) is 10.2. The van der Waals surface area contributed by atoms with Gasteiger partial charge in [0.25, 0.3) is 5.91 Å². The molecule has 0 fully saturated rings. The number of hydrogen-bond acceptors (Lipinski definition) is 7. The summed E-state index contributed by atoms with van der Waals surface area (Å²) in [5.74, 6) is -0.363. The van der Waals surface area contributed by atoms with Crippen molar-refractivity contribution in [2.75, 3.05) is 19.1 Å². The molecule has 0 atom stereocenters. The van der Waals surface area contributed by atoms with Gasteiger partial charge in [-0.2, -0.15) is 4.31 Å². The van der Waals surface area contributed by atoms with Crippen LogP contribution in [-0.4, -0.2) is 38.8 Å². The first-order valence-electron chi connectivity index (χ1n) is 13.8. The Labute approximate surface area is 291 Å². The zero-order valence-electron chi connectivity index (χ0n) is 25.1. The van der Waals surface area contributed by atoms with Crippen LogP contribution in [0.2, 0.25) is 20.1 Å². The number of carbonyl (C=O) groups excluding carboxylic acids is 2. The normalized spacial score (nSPS) is 14.4. The minimum absolute atomic E-state index is 0.0173. The number of carbonyl (C=O) groups is 2. The first kappa shape index (κ1) is 34.6.